The molecule has 5 nitrogen and oxygen atoms in total. The van der Waals surface area contributed by atoms with Crippen LogP contribution in [0.5, 0.6) is 0 Å². The van der Waals surface area contributed by atoms with Gasteiger partial charge in [-0.15, -0.1) is 11.3 Å². The molecule has 0 saturated carbocycles. The van der Waals surface area contributed by atoms with Crippen molar-refractivity contribution in [3.63, 3.8) is 0 Å². The van der Waals surface area contributed by atoms with Crippen molar-refractivity contribution in [1.29, 1.82) is 0 Å². The summed E-state index contributed by atoms with van der Waals surface area (Å²) in [5, 5.41) is 12.0. The molecule has 0 amide bonds. The topological polar surface area (TPSA) is 59.3 Å². The van der Waals surface area contributed by atoms with Gasteiger partial charge in [-0.05, 0) is 18.2 Å². The van der Waals surface area contributed by atoms with Crippen molar-refractivity contribution < 1.29 is 4.92 Å². The number of fused-ring (bicyclic) bond motifs is 1. The molecule has 106 valence electrons. The second kappa shape index (κ2) is 5.49. The summed E-state index contributed by atoms with van der Waals surface area (Å²) >= 11 is 1.61. The third kappa shape index (κ3) is 2.71. The smallest absolute Gasteiger partial charge is 0.292 e. The standard InChI is InChI=1S/C15H13N3O2S/c1-17(12-7-3-4-8-13(12)18(19)20)10-15-16-11-6-2-5-9-14(11)21-15/h2-9H,10H2,1H3. The number of hydrogen-bond acceptors (Lipinski definition) is 5. The largest absolute Gasteiger partial charge is 0.362 e. The van der Waals surface area contributed by atoms with Crippen LogP contribution in [0.1, 0.15) is 5.01 Å². The molecular weight excluding hydrogens is 286 g/mol. The number of thiazole rings is 1. The number of nitro groups is 1. The van der Waals surface area contributed by atoms with Crippen LogP contribution in [-0.4, -0.2) is 17.0 Å². The Labute approximate surface area is 125 Å². The fraction of sp³-hybridized carbons (Fsp3) is 0.133. The van der Waals surface area contributed by atoms with Crippen molar-refractivity contribution in [2.45, 2.75) is 6.54 Å². The van der Waals surface area contributed by atoms with Crippen LogP contribution in [0, 0.1) is 10.1 Å². The van der Waals surface area contributed by atoms with Gasteiger partial charge in [0.15, 0.2) is 0 Å². The van der Waals surface area contributed by atoms with Crippen molar-refractivity contribution in [2.24, 2.45) is 0 Å². The fourth-order valence-corrected chi connectivity index (χ4v) is 3.24. The van der Waals surface area contributed by atoms with Gasteiger partial charge in [0.1, 0.15) is 10.7 Å². The molecule has 0 aliphatic carbocycles. The predicted molar refractivity (Wildman–Crippen MR) is 84.8 cm³/mol. The molecular formula is C15H13N3O2S. The highest BCUT2D eigenvalue weighted by molar-refractivity contribution is 7.18. The predicted octanol–water partition coefficient (Wildman–Crippen LogP) is 3.84. The molecule has 0 atom stereocenters. The maximum absolute atomic E-state index is 11.1. The summed E-state index contributed by atoms with van der Waals surface area (Å²) in [4.78, 5) is 17.1. The van der Waals surface area contributed by atoms with Gasteiger partial charge in [-0.2, -0.15) is 0 Å². The minimum Gasteiger partial charge on any atom is -0.362 e. The van der Waals surface area contributed by atoms with Gasteiger partial charge >= 0.3 is 0 Å². The van der Waals surface area contributed by atoms with Crippen molar-refractivity contribution in [3.8, 4) is 0 Å². The Morgan fingerprint density at radius 2 is 1.90 bits per heavy atom. The number of nitrogens with zero attached hydrogens (tertiary/aromatic N) is 3. The van der Waals surface area contributed by atoms with E-state index in [1.54, 1.807) is 29.5 Å². The zero-order valence-electron chi connectivity index (χ0n) is 11.4. The van der Waals surface area contributed by atoms with Crippen molar-refractivity contribution >= 4 is 32.9 Å². The number of anilines is 1. The summed E-state index contributed by atoms with van der Waals surface area (Å²) in [6, 6.07) is 14.7. The van der Waals surface area contributed by atoms with E-state index in [1.807, 2.05) is 36.2 Å². The van der Waals surface area contributed by atoms with E-state index in [0.29, 0.717) is 12.2 Å². The Kier molecular flexibility index (Phi) is 3.53. The van der Waals surface area contributed by atoms with E-state index >= 15 is 0 Å². The second-order valence-electron chi connectivity index (χ2n) is 4.68. The zero-order chi connectivity index (χ0) is 14.8. The molecule has 2 aromatic carbocycles. The van der Waals surface area contributed by atoms with E-state index in [4.69, 9.17) is 0 Å². The number of hydrogen-bond donors (Lipinski definition) is 0. The van der Waals surface area contributed by atoms with Crippen LogP contribution in [-0.2, 0) is 6.54 Å². The summed E-state index contributed by atoms with van der Waals surface area (Å²) < 4.78 is 1.13. The molecule has 0 unspecified atom stereocenters. The third-order valence-electron chi connectivity index (χ3n) is 3.20. The normalized spacial score (nSPS) is 10.7. The molecule has 3 aromatic rings. The van der Waals surface area contributed by atoms with Crippen LogP contribution in [0.25, 0.3) is 10.2 Å². The van der Waals surface area contributed by atoms with Crippen LogP contribution < -0.4 is 4.90 Å². The molecule has 21 heavy (non-hydrogen) atoms. The molecule has 6 heteroatoms. The van der Waals surface area contributed by atoms with Gasteiger partial charge in [0.25, 0.3) is 5.69 Å². The average Bonchev–Trinajstić information content (AvgIpc) is 2.89. The second-order valence-corrected chi connectivity index (χ2v) is 5.79. The first-order valence-corrected chi connectivity index (χ1v) is 7.26. The molecule has 3 rings (SSSR count). The van der Waals surface area contributed by atoms with Crippen molar-refractivity contribution in [1.82, 2.24) is 4.98 Å². The van der Waals surface area contributed by atoms with E-state index in [2.05, 4.69) is 4.98 Å². The number of nitro benzene ring substituents is 1. The van der Waals surface area contributed by atoms with Gasteiger partial charge in [0, 0.05) is 13.1 Å². The first-order valence-electron chi connectivity index (χ1n) is 6.44. The van der Waals surface area contributed by atoms with Crippen LogP contribution in [0.15, 0.2) is 48.5 Å². The number of aromatic nitrogens is 1. The first kappa shape index (κ1) is 13.5. The zero-order valence-corrected chi connectivity index (χ0v) is 12.2. The molecule has 0 aliphatic rings. The minimum atomic E-state index is -0.357. The Hall–Kier alpha value is -2.47. The van der Waals surface area contributed by atoms with Crippen molar-refractivity contribution in [2.75, 3.05) is 11.9 Å². The highest BCUT2D eigenvalue weighted by Gasteiger charge is 2.17. The average molecular weight is 299 g/mol. The summed E-state index contributed by atoms with van der Waals surface area (Å²) in [5.41, 5.74) is 1.68. The number of para-hydroxylation sites is 3. The molecule has 0 saturated heterocycles. The van der Waals surface area contributed by atoms with Crippen LogP contribution in [0.2, 0.25) is 0 Å². The lowest BCUT2D eigenvalue weighted by Gasteiger charge is -2.17. The highest BCUT2D eigenvalue weighted by atomic mass is 32.1. The molecule has 0 N–H and O–H groups in total. The third-order valence-corrected chi connectivity index (χ3v) is 4.22. The molecule has 1 aromatic heterocycles. The molecule has 0 bridgehead atoms. The quantitative estimate of drug-likeness (QED) is 0.542. The Morgan fingerprint density at radius 1 is 1.19 bits per heavy atom. The summed E-state index contributed by atoms with van der Waals surface area (Å²) in [6.45, 7) is 0.546. The lowest BCUT2D eigenvalue weighted by molar-refractivity contribution is -0.384. The summed E-state index contributed by atoms with van der Waals surface area (Å²) in [5.74, 6) is 0. The Balaban J connectivity index is 1.89. The Bertz CT molecular complexity index is 767. The molecule has 0 radical (unpaired) electrons. The van der Waals surface area contributed by atoms with Gasteiger partial charge in [0.2, 0.25) is 0 Å². The lowest BCUT2D eigenvalue weighted by atomic mass is 10.2. The molecule has 0 spiro atoms. The SMILES string of the molecule is CN(Cc1nc2ccccc2s1)c1ccccc1[N+](=O)[O-]. The van der Waals surface area contributed by atoms with Crippen LogP contribution in [0.3, 0.4) is 0 Å². The first-order chi connectivity index (χ1) is 10.1. The monoisotopic (exact) mass is 299 g/mol. The minimum absolute atomic E-state index is 0.112. The van der Waals surface area contributed by atoms with Gasteiger partial charge in [-0.3, -0.25) is 10.1 Å². The summed E-state index contributed by atoms with van der Waals surface area (Å²) in [6.07, 6.45) is 0. The van der Waals surface area contributed by atoms with Gasteiger partial charge < -0.3 is 4.90 Å². The van der Waals surface area contributed by atoms with Crippen LogP contribution in [0.4, 0.5) is 11.4 Å². The van der Waals surface area contributed by atoms with Gasteiger partial charge in [0.05, 0.1) is 21.7 Å². The van der Waals surface area contributed by atoms with E-state index in [-0.39, 0.29) is 10.6 Å². The summed E-state index contributed by atoms with van der Waals surface area (Å²) in [7, 11) is 1.84. The van der Waals surface area contributed by atoms with Crippen molar-refractivity contribution in [3.05, 3.63) is 63.7 Å². The van der Waals surface area contributed by atoms with E-state index < -0.39 is 0 Å². The van der Waals surface area contributed by atoms with E-state index in [0.717, 1.165) is 15.2 Å². The highest BCUT2D eigenvalue weighted by Crippen LogP contribution is 2.29. The van der Waals surface area contributed by atoms with Gasteiger partial charge in [-0.25, -0.2) is 4.98 Å². The fourth-order valence-electron chi connectivity index (χ4n) is 2.22. The van der Waals surface area contributed by atoms with Gasteiger partial charge in [-0.1, -0.05) is 24.3 Å². The number of benzene rings is 2. The lowest BCUT2D eigenvalue weighted by Crippen LogP contribution is -2.17. The van der Waals surface area contributed by atoms with E-state index in [9.17, 15) is 10.1 Å². The van der Waals surface area contributed by atoms with Crippen LogP contribution >= 0.6 is 11.3 Å². The molecule has 0 aliphatic heterocycles. The molecule has 1 heterocycles. The maximum atomic E-state index is 11.1. The van der Waals surface area contributed by atoms with E-state index in [1.165, 1.54) is 6.07 Å². The number of rotatable bonds is 4. The Morgan fingerprint density at radius 3 is 2.67 bits per heavy atom. The maximum Gasteiger partial charge on any atom is 0.292 e. The molecule has 0 fully saturated rings.